The van der Waals surface area contributed by atoms with Gasteiger partial charge < -0.3 is 9.47 Å². The number of nitrogens with zero attached hydrogens (tertiary/aromatic N) is 6. The van der Waals surface area contributed by atoms with Crippen LogP contribution in [0.1, 0.15) is 23.6 Å². The van der Waals surface area contributed by atoms with Gasteiger partial charge in [0.15, 0.2) is 0 Å². The number of rotatable bonds is 8. The van der Waals surface area contributed by atoms with E-state index in [1.54, 1.807) is 26.0 Å². The largest absolute Gasteiger partial charge is 0.462 e. The molecular weight excluding hydrogens is 348 g/mol. The summed E-state index contributed by atoms with van der Waals surface area (Å²) < 4.78 is 9.59. The average Bonchev–Trinajstić information content (AvgIpc) is 3.01. The maximum atomic E-state index is 11.7. The Morgan fingerprint density at radius 2 is 1.40 bits per heavy atom. The van der Waals surface area contributed by atoms with E-state index in [1.165, 1.54) is 23.5 Å². The van der Waals surface area contributed by atoms with Crippen molar-refractivity contribution in [1.82, 2.24) is 0 Å². The predicted molar refractivity (Wildman–Crippen MR) is 91.8 cm³/mol. The fraction of sp³-hybridized carbons (Fsp3) is 0.286. The third-order valence-corrected chi connectivity index (χ3v) is 3.46. The molecule has 0 atom stereocenters. The van der Waals surface area contributed by atoms with Crippen LogP contribution in [0, 0.1) is 0 Å². The molecule has 130 valence electrons. The van der Waals surface area contributed by atoms with Crippen LogP contribution in [0.15, 0.2) is 33.8 Å². The molecule has 0 unspecified atom stereocenters. The van der Waals surface area contributed by atoms with Crippen LogP contribution in [-0.4, -0.2) is 25.2 Å². The van der Waals surface area contributed by atoms with E-state index in [9.17, 15) is 9.59 Å². The smallest absolute Gasteiger partial charge is 0.340 e. The quantitative estimate of drug-likeness (QED) is 0.224. The number of hydrogen-bond acceptors (Lipinski definition) is 7. The zero-order valence-corrected chi connectivity index (χ0v) is 14.3. The number of carbonyl (C=O) groups is 2. The van der Waals surface area contributed by atoms with Crippen molar-refractivity contribution in [3.05, 3.63) is 54.2 Å². The van der Waals surface area contributed by atoms with Gasteiger partial charge in [0.1, 0.15) is 11.4 Å². The van der Waals surface area contributed by atoms with Gasteiger partial charge in [0, 0.05) is 19.6 Å². The molecule has 0 amide bonds. The molecule has 0 radical (unpaired) electrons. The third-order valence-electron chi connectivity index (χ3n) is 2.48. The fourth-order valence-electron chi connectivity index (χ4n) is 1.56. The predicted octanol–water partition coefficient (Wildman–Crippen LogP) is 4.18. The van der Waals surface area contributed by atoms with Crippen molar-refractivity contribution in [2.24, 2.45) is 10.2 Å². The van der Waals surface area contributed by atoms with Crippen LogP contribution in [0.25, 0.3) is 33.0 Å². The molecule has 1 heterocycles. The zero-order chi connectivity index (χ0) is 18.7. The first-order valence-corrected chi connectivity index (χ1v) is 7.85. The summed E-state index contributed by atoms with van der Waals surface area (Å²) in [6.45, 7) is 3.55. The van der Waals surface area contributed by atoms with Gasteiger partial charge >= 0.3 is 11.9 Å². The highest BCUT2D eigenvalue weighted by Crippen LogP contribution is 2.23. The van der Waals surface area contributed by atoms with Gasteiger partial charge in [0.05, 0.1) is 13.2 Å². The number of azide groups is 2. The standard InChI is InChI=1S/C14H14N6O4S/c1-3-23-13(21)11(17-19-15)7-9-5-6-10(25-9)8-12(18-20-16)14(22)24-4-2/h5-8H,3-4H2,1-2H3/b11-7-,12-8-. The molecule has 0 aliphatic carbocycles. The number of thiophene rings is 1. The summed E-state index contributed by atoms with van der Waals surface area (Å²) in [7, 11) is 0. The molecule has 0 fully saturated rings. The number of ether oxygens (including phenoxy) is 2. The summed E-state index contributed by atoms with van der Waals surface area (Å²) in [5, 5.41) is 6.62. The van der Waals surface area contributed by atoms with Crippen molar-refractivity contribution in [2.75, 3.05) is 13.2 Å². The molecule has 25 heavy (non-hydrogen) atoms. The SMILES string of the molecule is CCOC(=O)/C(=C/c1ccc(/C=C(\N=[N+]=[N-])C(=O)OCC)s1)N=[N+]=[N-]. The molecule has 10 nitrogen and oxygen atoms in total. The summed E-state index contributed by atoms with van der Waals surface area (Å²) in [6.07, 6.45) is 2.72. The monoisotopic (exact) mass is 362 g/mol. The fourth-order valence-corrected chi connectivity index (χ4v) is 2.44. The van der Waals surface area contributed by atoms with Crippen LogP contribution in [0.2, 0.25) is 0 Å². The second-order valence-corrected chi connectivity index (χ2v) is 5.27. The second-order valence-electron chi connectivity index (χ2n) is 4.12. The maximum absolute atomic E-state index is 11.7. The van der Waals surface area contributed by atoms with Gasteiger partial charge in [-0.1, -0.05) is 10.2 Å². The molecule has 11 heteroatoms. The first kappa shape index (κ1) is 19.8. The summed E-state index contributed by atoms with van der Waals surface area (Å²) in [5.41, 5.74) is 16.7. The number of hydrogen-bond donors (Lipinski definition) is 0. The Bertz CT molecular complexity index is 735. The van der Waals surface area contributed by atoms with Crippen molar-refractivity contribution in [1.29, 1.82) is 0 Å². The minimum Gasteiger partial charge on any atom is -0.462 e. The van der Waals surface area contributed by atoms with E-state index in [-0.39, 0.29) is 24.6 Å². The van der Waals surface area contributed by atoms with Gasteiger partial charge in [-0.15, -0.1) is 11.3 Å². The van der Waals surface area contributed by atoms with Gasteiger partial charge in [0.25, 0.3) is 0 Å². The Morgan fingerprint density at radius 1 is 1.00 bits per heavy atom. The normalized spacial score (nSPS) is 11.1. The zero-order valence-electron chi connectivity index (χ0n) is 13.4. The molecule has 1 aromatic heterocycles. The molecule has 1 rings (SSSR count). The minimum absolute atomic E-state index is 0.143. The lowest BCUT2D eigenvalue weighted by Gasteiger charge is -2.00. The molecule has 0 N–H and O–H groups in total. The number of carbonyl (C=O) groups excluding carboxylic acids is 2. The van der Waals surface area contributed by atoms with E-state index >= 15 is 0 Å². The Balaban J connectivity index is 3.15. The first-order chi connectivity index (χ1) is 12.0. The van der Waals surface area contributed by atoms with E-state index in [0.29, 0.717) is 9.75 Å². The molecule has 0 saturated heterocycles. The second kappa shape index (κ2) is 10.5. The lowest BCUT2D eigenvalue weighted by Crippen LogP contribution is -2.05. The molecular formula is C14H14N6O4S. The first-order valence-electron chi connectivity index (χ1n) is 7.03. The Kier molecular flexibility index (Phi) is 8.31. The molecule has 1 aromatic rings. The summed E-state index contributed by atoms with van der Waals surface area (Å²) >= 11 is 1.18. The highest BCUT2D eigenvalue weighted by molar-refractivity contribution is 7.13. The third kappa shape index (κ3) is 6.40. The molecule has 0 saturated carbocycles. The van der Waals surface area contributed by atoms with Crippen LogP contribution < -0.4 is 0 Å². The molecule has 0 aliphatic rings. The lowest BCUT2D eigenvalue weighted by atomic mass is 10.3. The highest BCUT2D eigenvalue weighted by Gasteiger charge is 2.11. The summed E-state index contributed by atoms with van der Waals surface area (Å²) in [5.74, 6) is -1.49. The topological polar surface area (TPSA) is 150 Å². The average molecular weight is 362 g/mol. The minimum atomic E-state index is -0.743. The van der Waals surface area contributed by atoms with E-state index < -0.39 is 11.9 Å². The van der Waals surface area contributed by atoms with Crippen LogP contribution in [0.3, 0.4) is 0 Å². The molecule has 0 spiro atoms. The van der Waals surface area contributed by atoms with Crippen molar-refractivity contribution in [3.63, 3.8) is 0 Å². The van der Waals surface area contributed by atoms with Gasteiger partial charge in [-0.2, -0.15) is 0 Å². The molecule has 0 bridgehead atoms. The Labute approximate surface area is 146 Å². The molecule has 0 aromatic carbocycles. The van der Waals surface area contributed by atoms with Crippen LogP contribution in [-0.2, 0) is 19.1 Å². The van der Waals surface area contributed by atoms with Crippen LogP contribution >= 0.6 is 11.3 Å². The van der Waals surface area contributed by atoms with Gasteiger partial charge in [-0.3, -0.25) is 0 Å². The maximum Gasteiger partial charge on any atom is 0.340 e. The summed E-state index contributed by atoms with van der Waals surface area (Å²) in [4.78, 5) is 29.7. The van der Waals surface area contributed by atoms with E-state index in [0.717, 1.165) is 0 Å². The number of esters is 2. The van der Waals surface area contributed by atoms with Crippen LogP contribution in [0.4, 0.5) is 0 Å². The van der Waals surface area contributed by atoms with Gasteiger partial charge in [-0.05, 0) is 49.2 Å². The molecule has 0 aliphatic heterocycles. The lowest BCUT2D eigenvalue weighted by molar-refractivity contribution is -0.139. The van der Waals surface area contributed by atoms with Crippen molar-refractivity contribution in [3.8, 4) is 0 Å². The van der Waals surface area contributed by atoms with Crippen molar-refractivity contribution in [2.45, 2.75) is 13.8 Å². The van der Waals surface area contributed by atoms with Crippen LogP contribution in [0.5, 0.6) is 0 Å². The van der Waals surface area contributed by atoms with Crippen molar-refractivity contribution < 1.29 is 19.1 Å². The highest BCUT2D eigenvalue weighted by atomic mass is 32.1. The van der Waals surface area contributed by atoms with E-state index in [2.05, 4.69) is 20.1 Å². The van der Waals surface area contributed by atoms with Crippen molar-refractivity contribution >= 4 is 35.4 Å². The van der Waals surface area contributed by atoms with E-state index in [1.807, 2.05) is 0 Å². The van der Waals surface area contributed by atoms with Gasteiger partial charge in [-0.25, -0.2) is 9.59 Å². The van der Waals surface area contributed by atoms with E-state index in [4.69, 9.17) is 20.5 Å². The Morgan fingerprint density at radius 3 is 1.72 bits per heavy atom. The Hall–Kier alpha value is -3.26. The summed E-state index contributed by atoms with van der Waals surface area (Å²) in [6, 6.07) is 3.28. The van der Waals surface area contributed by atoms with Gasteiger partial charge in [0.2, 0.25) is 0 Å².